The zero-order valence-corrected chi connectivity index (χ0v) is 10.9. The maximum absolute atomic E-state index is 5.80. The third-order valence-corrected chi connectivity index (χ3v) is 2.86. The molecule has 2 aromatic carbocycles. The number of hydrogen-bond donors (Lipinski definition) is 1. The quantitative estimate of drug-likeness (QED) is 0.891. The Bertz CT molecular complexity index is 497. The Hall–Kier alpha value is -1.80. The summed E-state index contributed by atoms with van der Waals surface area (Å²) >= 11 is 0. The van der Waals surface area contributed by atoms with E-state index in [-0.39, 0.29) is 0 Å². The third-order valence-electron chi connectivity index (χ3n) is 2.86. The Labute approximate surface area is 108 Å². The van der Waals surface area contributed by atoms with Gasteiger partial charge >= 0.3 is 0 Å². The standard InChI is InChI=1S/C16H19NO/c1-12-7-13(2)9-16(8-12)18-11-15-5-3-14(10-17)4-6-15/h3-9H,10-11,17H2,1-2H3. The Kier molecular flexibility index (Phi) is 4.00. The number of rotatable bonds is 4. The molecule has 0 aliphatic rings. The van der Waals surface area contributed by atoms with Gasteiger partial charge in [-0.3, -0.25) is 0 Å². The molecule has 0 aliphatic heterocycles. The van der Waals surface area contributed by atoms with Gasteiger partial charge in [0.15, 0.2) is 0 Å². The Morgan fingerprint density at radius 2 is 1.44 bits per heavy atom. The fraction of sp³-hybridized carbons (Fsp3) is 0.250. The molecule has 0 spiro atoms. The molecule has 0 atom stereocenters. The molecule has 18 heavy (non-hydrogen) atoms. The van der Waals surface area contributed by atoms with Crippen LogP contribution in [-0.2, 0) is 13.2 Å². The first-order valence-corrected chi connectivity index (χ1v) is 6.16. The first-order chi connectivity index (χ1) is 8.67. The summed E-state index contributed by atoms with van der Waals surface area (Å²) in [5.74, 6) is 0.926. The van der Waals surface area contributed by atoms with Crippen molar-refractivity contribution < 1.29 is 4.74 Å². The molecule has 0 aliphatic carbocycles. The lowest BCUT2D eigenvalue weighted by Crippen LogP contribution is -1.99. The molecule has 0 saturated heterocycles. The van der Waals surface area contributed by atoms with Crippen LogP contribution in [0, 0.1) is 13.8 Å². The molecule has 0 heterocycles. The minimum Gasteiger partial charge on any atom is -0.489 e. The number of hydrogen-bond acceptors (Lipinski definition) is 2. The summed E-state index contributed by atoms with van der Waals surface area (Å²) < 4.78 is 5.80. The third kappa shape index (κ3) is 3.34. The second-order valence-electron chi connectivity index (χ2n) is 4.63. The molecule has 94 valence electrons. The molecule has 0 unspecified atom stereocenters. The van der Waals surface area contributed by atoms with Crippen LogP contribution in [0.3, 0.4) is 0 Å². The van der Waals surface area contributed by atoms with Gasteiger partial charge in [0.05, 0.1) is 0 Å². The average molecular weight is 241 g/mol. The molecule has 0 radical (unpaired) electrons. The van der Waals surface area contributed by atoms with Crippen molar-refractivity contribution in [3.05, 3.63) is 64.7 Å². The summed E-state index contributed by atoms with van der Waals surface area (Å²) in [6.45, 7) is 5.33. The van der Waals surface area contributed by atoms with Crippen LogP contribution in [0.25, 0.3) is 0 Å². The van der Waals surface area contributed by atoms with Gasteiger partial charge in [0.25, 0.3) is 0 Å². The molecular formula is C16H19NO. The fourth-order valence-corrected chi connectivity index (χ4v) is 1.95. The van der Waals surface area contributed by atoms with Gasteiger partial charge in [0, 0.05) is 6.54 Å². The van der Waals surface area contributed by atoms with Crippen LogP contribution in [0.15, 0.2) is 42.5 Å². The fourth-order valence-electron chi connectivity index (χ4n) is 1.95. The minimum absolute atomic E-state index is 0.582. The van der Waals surface area contributed by atoms with E-state index >= 15 is 0 Å². The lowest BCUT2D eigenvalue weighted by molar-refractivity contribution is 0.306. The minimum atomic E-state index is 0.582. The second-order valence-corrected chi connectivity index (χ2v) is 4.63. The summed E-state index contributed by atoms with van der Waals surface area (Å²) in [5, 5.41) is 0. The molecule has 0 bridgehead atoms. The van der Waals surface area contributed by atoms with Crippen LogP contribution in [0.1, 0.15) is 22.3 Å². The predicted octanol–water partition coefficient (Wildman–Crippen LogP) is 3.34. The van der Waals surface area contributed by atoms with E-state index in [1.54, 1.807) is 0 Å². The summed E-state index contributed by atoms with van der Waals surface area (Å²) in [5.41, 5.74) is 10.3. The van der Waals surface area contributed by atoms with Gasteiger partial charge in [-0.15, -0.1) is 0 Å². The molecule has 2 nitrogen and oxygen atoms in total. The number of nitrogens with two attached hydrogens (primary N) is 1. The van der Waals surface area contributed by atoms with Crippen LogP contribution < -0.4 is 10.5 Å². The van der Waals surface area contributed by atoms with E-state index < -0.39 is 0 Å². The monoisotopic (exact) mass is 241 g/mol. The van der Waals surface area contributed by atoms with Crippen molar-refractivity contribution in [2.75, 3.05) is 0 Å². The summed E-state index contributed by atoms with van der Waals surface area (Å²) in [6, 6.07) is 14.5. The highest BCUT2D eigenvalue weighted by Gasteiger charge is 1.98. The van der Waals surface area contributed by atoms with Crippen molar-refractivity contribution in [3.8, 4) is 5.75 Å². The van der Waals surface area contributed by atoms with Crippen molar-refractivity contribution in [2.45, 2.75) is 27.0 Å². The SMILES string of the molecule is Cc1cc(C)cc(OCc2ccc(CN)cc2)c1. The number of benzene rings is 2. The predicted molar refractivity (Wildman–Crippen MR) is 74.6 cm³/mol. The van der Waals surface area contributed by atoms with Gasteiger partial charge in [-0.05, 0) is 48.2 Å². The van der Waals surface area contributed by atoms with Gasteiger partial charge in [0.1, 0.15) is 12.4 Å². The van der Waals surface area contributed by atoms with E-state index in [1.165, 1.54) is 11.1 Å². The van der Waals surface area contributed by atoms with Crippen LogP contribution in [0.5, 0.6) is 5.75 Å². The smallest absolute Gasteiger partial charge is 0.120 e. The molecule has 0 saturated carbocycles. The molecule has 0 amide bonds. The molecule has 2 heteroatoms. The molecule has 0 fully saturated rings. The molecular weight excluding hydrogens is 222 g/mol. The van der Waals surface area contributed by atoms with E-state index in [0.717, 1.165) is 16.9 Å². The molecule has 2 N–H and O–H groups in total. The maximum atomic E-state index is 5.80. The second kappa shape index (κ2) is 5.69. The van der Waals surface area contributed by atoms with E-state index in [9.17, 15) is 0 Å². The van der Waals surface area contributed by atoms with Crippen molar-refractivity contribution in [1.82, 2.24) is 0 Å². The molecule has 0 aromatic heterocycles. The lowest BCUT2D eigenvalue weighted by atomic mass is 10.1. The molecule has 2 rings (SSSR count). The maximum Gasteiger partial charge on any atom is 0.120 e. The normalized spacial score (nSPS) is 10.4. The van der Waals surface area contributed by atoms with Gasteiger partial charge in [-0.1, -0.05) is 30.3 Å². The van der Waals surface area contributed by atoms with E-state index in [4.69, 9.17) is 10.5 Å². The van der Waals surface area contributed by atoms with Crippen LogP contribution >= 0.6 is 0 Å². The average Bonchev–Trinajstić information content (AvgIpc) is 2.36. The highest BCUT2D eigenvalue weighted by atomic mass is 16.5. The zero-order valence-electron chi connectivity index (χ0n) is 10.9. The topological polar surface area (TPSA) is 35.2 Å². The first-order valence-electron chi connectivity index (χ1n) is 6.16. The van der Waals surface area contributed by atoms with Gasteiger partial charge in [0.2, 0.25) is 0 Å². The van der Waals surface area contributed by atoms with Crippen molar-refractivity contribution in [2.24, 2.45) is 5.73 Å². The Morgan fingerprint density at radius 1 is 0.889 bits per heavy atom. The first kappa shape index (κ1) is 12.7. The molecule has 2 aromatic rings. The van der Waals surface area contributed by atoms with Crippen LogP contribution in [0.2, 0.25) is 0 Å². The summed E-state index contributed by atoms with van der Waals surface area (Å²) in [4.78, 5) is 0. The highest BCUT2D eigenvalue weighted by molar-refractivity contribution is 5.33. The van der Waals surface area contributed by atoms with Gasteiger partial charge < -0.3 is 10.5 Å². The Balaban J connectivity index is 2.01. The largest absolute Gasteiger partial charge is 0.489 e. The highest BCUT2D eigenvalue weighted by Crippen LogP contribution is 2.17. The number of aryl methyl sites for hydroxylation is 2. The number of ether oxygens (including phenoxy) is 1. The van der Waals surface area contributed by atoms with Gasteiger partial charge in [-0.25, -0.2) is 0 Å². The van der Waals surface area contributed by atoms with E-state index in [2.05, 4.69) is 44.2 Å². The Morgan fingerprint density at radius 3 is 2.00 bits per heavy atom. The van der Waals surface area contributed by atoms with Crippen molar-refractivity contribution in [3.63, 3.8) is 0 Å². The van der Waals surface area contributed by atoms with Crippen LogP contribution in [-0.4, -0.2) is 0 Å². The van der Waals surface area contributed by atoms with E-state index in [0.29, 0.717) is 13.2 Å². The summed E-state index contributed by atoms with van der Waals surface area (Å²) in [7, 11) is 0. The zero-order chi connectivity index (χ0) is 13.0. The van der Waals surface area contributed by atoms with Crippen LogP contribution in [0.4, 0.5) is 0 Å². The summed E-state index contributed by atoms with van der Waals surface area (Å²) in [6.07, 6.45) is 0. The lowest BCUT2D eigenvalue weighted by Gasteiger charge is -2.08. The van der Waals surface area contributed by atoms with E-state index in [1.807, 2.05) is 12.1 Å². The van der Waals surface area contributed by atoms with Gasteiger partial charge in [-0.2, -0.15) is 0 Å². The van der Waals surface area contributed by atoms with Crippen molar-refractivity contribution in [1.29, 1.82) is 0 Å². The van der Waals surface area contributed by atoms with Crippen molar-refractivity contribution >= 4 is 0 Å².